The van der Waals surface area contributed by atoms with Crippen LogP contribution < -0.4 is 4.74 Å². The number of allylic oxidation sites excluding steroid dienone is 1. The number of imide groups is 1. The maximum Gasteiger partial charge on any atom is 0.261 e. The number of hydrogen-bond acceptors (Lipinski definition) is 3. The molecule has 1 aliphatic heterocycles. The van der Waals surface area contributed by atoms with E-state index in [0.717, 1.165) is 17.0 Å². The second-order valence-corrected chi connectivity index (χ2v) is 6.32. The van der Waals surface area contributed by atoms with Gasteiger partial charge in [0.1, 0.15) is 5.76 Å². The molecule has 6 heteroatoms. The van der Waals surface area contributed by atoms with E-state index in [4.69, 9.17) is 4.74 Å². The lowest BCUT2D eigenvalue weighted by molar-refractivity contribution is 0.0668. The molecule has 0 N–H and O–H groups in total. The van der Waals surface area contributed by atoms with Crippen LogP contribution in [0.15, 0.2) is 67.0 Å². The van der Waals surface area contributed by atoms with E-state index in [1.54, 1.807) is 31.2 Å². The quantitative estimate of drug-likeness (QED) is 0.412. The molecule has 0 saturated heterocycles. The van der Waals surface area contributed by atoms with Gasteiger partial charge in [0.15, 0.2) is 17.4 Å². The summed E-state index contributed by atoms with van der Waals surface area (Å²) in [6.07, 6.45) is 2.74. The smallest absolute Gasteiger partial charge is 0.261 e. The van der Waals surface area contributed by atoms with Gasteiger partial charge in [-0.15, -0.1) is 0 Å². The first-order valence-electron chi connectivity index (χ1n) is 8.42. The molecule has 0 aromatic heterocycles. The Kier molecular flexibility index (Phi) is 5.22. The Bertz CT molecular complexity index is 982. The lowest BCUT2D eigenvalue weighted by Gasteiger charge is -2.14. The highest BCUT2D eigenvalue weighted by Crippen LogP contribution is 2.27. The summed E-state index contributed by atoms with van der Waals surface area (Å²) in [7, 11) is 0. The monoisotopic (exact) mass is 381 g/mol. The molecule has 1 heterocycles. The molecular weight excluding hydrogens is 364 g/mol. The zero-order chi connectivity index (χ0) is 20.4. The Labute approximate surface area is 161 Å². The second-order valence-electron chi connectivity index (χ2n) is 6.32. The van der Waals surface area contributed by atoms with E-state index in [0.29, 0.717) is 16.7 Å². The third-order valence-corrected chi connectivity index (χ3v) is 4.18. The van der Waals surface area contributed by atoms with E-state index in [-0.39, 0.29) is 17.9 Å². The Morgan fingerprint density at radius 3 is 2.14 bits per heavy atom. The number of ether oxygens (including phenoxy) is 1. The fourth-order valence-electron chi connectivity index (χ4n) is 2.90. The van der Waals surface area contributed by atoms with Gasteiger partial charge in [0.05, 0.1) is 17.7 Å². The van der Waals surface area contributed by atoms with Crippen molar-refractivity contribution >= 4 is 17.9 Å². The van der Waals surface area contributed by atoms with Crippen molar-refractivity contribution in [3.05, 3.63) is 95.3 Å². The molecule has 0 radical (unpaired) electrons. The number of fused-ring (bicyclic) bond motifs is 1. The molecule has 0 bridgehead atoms. The molecule has 0 aliphatic carbocycles. The highest BCUT2D eigenvalue weighted by molar-refractivity contribution is 6.21. The summed E-state index contributed by atoms with van der Waals surface area (Å²) in [5.41, 5.74) is 1.51. The highest BCUT2D eigenvalue weighted by atomic mass is 19.1. The van der Waals surface area contributed by atoms with Gasteiger partial charge in [-0.2, -0.15) is 0 Å². The number of hydrogen-bond donors (Lipinski definition) is 0. The number of amides is 2. The largest absolute Gasteiger partial charge is 0.452 e. The lowest BCUT2D eigenvalue weighted by Crippen LogP contribution is -2.31. The number of nitrogens with zero attached hydrogens (tertiary/aromatic N) is 1. The molecule has 0 fully saturated rings. The van der Waals surface area contributed by atoms with Crippen LogP contribution in [0, 0.1) is 11.6 Å². The highest BCUT2D eigenvalue weighted by Gasteiger charge is 2.34. The summed E-state index contributed by atoms with van der Waals surface area (Å²) < 4.78 is 33.3. The molecule has 0 unspecified atom stereocenters. The van der Waals surface area contributed by atoms with Crippen molar-refractivity contribution in [3.8, 4) is 5.75 Å². The van der Waals surface area contributed by atoms with Crippen LogP contribution in [0.1, 0.15) is 33.2 Å². The molecule has 142 valence electrons. The fourth-order valence-corrected chi connectivity index (χ4v) is 2.90. The van der Waals surface area contributed by atoms with Gasteiger partial charge in [-0.3, -0.25) is 14.5 Å². The van der Waals surface area contributed by atoms with Crippen LogP contribution in [-0.4, -0.2) is 23.3 Å². The van der Waals surface area contributed by atoms with Gasteiger partial charge in [-0.1, -0.05) is 36.9 Å². The standard InChI is InChI=1S/C22H17F2NO3/c1-4-14(3)28-20-18(23)10-15(11-19(20)24)9-13(2)12-25-21(26)16-7-5-6-8-17(16)22(25)27/h4-11H,1,3,12H2,2H3. The van der Waals surface area contributed by atoms with Crippen molar-refractivity contribution in [3.63, 3.8) is 0 Å². The summed E-state index contributed by atoms with van der Waals surface area (Å²) in [4.78, 5) is 25.9. The fraction of sp³-hybridized carbons (Fsp3) is 0.0909. The molecule has 2 aromatic carbocycles. The van der Waals surface area contributed by atoms with Crippen molar-refractivity contribution in [1.82, 2.24) is 4.90 Å². The first-order valence-corrected chi connectivity index (χ1v) is 8.42. The maximum atomic E-state index is 14.2. The minimum absolute atomic E-state index is 0.0150. The first kappa shape index (κ1) is 19.2. The molecule has 3 rings (SSSR count). The normalized spacial score (nSPS) is 13.5. The molecule has 0 saturated carbocycles. The summed E-state index contributed by atoms with van der Waals surface area (Å²) in [5.74, 6) is -3.14. The van der Waals surface area contributed by atoms with Crippen molar-refractivity contribution in [2.45, 2.75) is 6.92 Å². The van der Waals surface area contributed by atoms with Crippen LogP contribution in [0.2, 0.25) is 0 Å². The summed E-state index contributed by atoms with van der Waals surface area (Å²) in [6, 6.07) is 8.75. The van der Waals surface area contributed by atoms with Crippen molar-refractivity contribution in [2.75, 3.05) is 6.54 Å². The predicted molar refractivity (Wildman–Crippen MR) is 102 cm³/mol. The number of carbonyl (C=O) groups excluding carboxylic acids is 2. The predicted octanol–water partition coefficient (Wildman–Crippen LogP) is 4.74. The molecular formula is C22H17F2NO3. The Hall–Kier alpha value is -3.54. The van der Waals surface area contributed by atoms with Crippen LogP contribution in [0.25, 0.3) is 6.08 Å². The van der Waals surface area contributed by atoms with Crippen LogP contribution in [-0.2, 0) is 0 Å². The Morgan fingerprint density at radius 1 is 1.11 bits per heavy atom. The summed E-state index contributed by atoms with van der Waals surface area (Å²) >= 11 is 0. The maximum absolute atomic E-state index is 14.2. The molecule has 0 atom stereocenters. The SMILES string of the molecule is C=CC(=C)Oc1c(F)cc(C=C(C)CN2C(=O)c3ccccc3C2=O)cc1F. The third kappa shape index (κ3) is 3.62. The molecule has 2 aromatic rings. The number of halogens is 2. The number of rotatable bonds is 6. The van der Waals surface area contributed by atoms with Crippen LogP contribution >= 0.6 is 0 Å². The second kappa shape index (κ2) is 7.60. The van der Waals surface area contributed by atoms with E-state index < -0.39 is 29.2 Å². The van der Waals surface area contributed by atoms with Gasteiger partial charge in [0, 0.05) is 0 Å². The van der Waals surface area contributed by atoms with Gasteiger partial charge in [0.25, 0.3) is 11.8 Å². The first-order chi connectivity index (χ1) is 13.3. The van der Waals surface area contributed by atoms with Gasteiger partial charge in [-0.25, -0.2) is 8.78 Å². The lowest BCUT2D eigenvalue weighted by atomic mass is 10.1. The van der Waals surface area contributed by atoms with Crippen molar-refractivity contribution in [2.24, 2.45) is 0 Å². The summed E-state index contributed by atoms with van der Waals surface area (Å²) in [6.45, 7) is 8.55. The Balaban J connectivity index is 1.81. The van der Waals surface area contributed by atoms with Crippen molar-refractivity contribution in [1.29, 1.82) is 0 Å². The molecule has 0 spiro atoms. The van der Waals surface area contributed by atoms with Gasteiger partial charge >= 0.3 is 0 Å². The third-order valence-electron chi connectivity index (χ3n) is 4.18. The van der Waals surface area contributed by atoms with Gasteiger partial charge in [0.2, 0.25) is 0 Å². The van der Waals surface area contributed by atoms with Crippen LogP contribution in [0.3, 0.4) is 0 Å². The number of benzene rings is 2. The molecule has 1 aliphatic rings. The average Bonchev–Trinajstić information content (AvgIpc) is 2.89. The average molecular weight is 381 g/mol. The topological polar surface area (TPSA) is 46.6 Å². The minimum Gasteiger partial charge on any atom is -0.452 e. The molecule has 2 amide bonds. The van der Waals surface area contributed by atoms with E-state index in [1.165, 1.54) is 12.2 Å². The van der Waals surface area contributed by atoms with E-state index in [2.05, 4.69) is 13.2 Å². The molecule has 4 nitrogen and oxygen atoms in total. The van der Waals surface area contributed by atoms with E-state index in [1.807, 2.05) is 0 Å². The van der Waals surface area contributed by atoms with Crippen LogP contribution in [0.4, 0.5) is 8.78 Å². The summed E-state index contributed by atoms with van der Waals surface area (Å²) in [5, 5.41) is 0. The zero-order valence-corrected chi connectivity index (χ0v) is 15.2. The zero-order valence-electron chi connectivity index (χ0n) is 15.2. The van der Waals surface area contributed by atoms with Gasteiger partial charge < -0.3 is 4.74 Å². The molecule has 28 heavy (non-hydrogen) atoms. The van der Waals surface area contributed by atoms with Crippen molar-refractivity contribution < 1.29 is 23.1 Å². The van der Waals surface area contributed by atoms with Gasteiger partial charge in [-0.05, 0) is 42.8 Å². The van der Waals surface area contributed by atoms with E-state index in [9.17, 15) is 18.4 Å². The van der Waals surface area contributed by atoms with Crippen LogP contribution in [0.5, 0.6) is 5.75 Å². The number of carbonyl (C=O) groups is 2. The minimum atomic E-state index is -0.900. The van der Waals surface area contributed by atoms with E-state index >= 15 is 0 Å². The Morgan fingerprint density at radius 2 is 1.64 bits per heavy atom.